The number of hydrogen-bond acceptors (Lipinski definition) is 4. The highest BCUT2D eigenvalue weighted by molar-refractivity contribution is 6.31. The molecule has 8 heteroatoms. The lowest BCUT2D eigenvalue weighted by Crippen LogP contribution is -2.27. The number of fused-ring (bicyclic) bond motifs is 1. The average molecular weight is 319 g/mol. The second-order valence-electron chi connectivity index (χ2n) is 4.79. The van der Waals surface area contributed by atoms with Crippen molar-refractivity contribution in [2.75, 3.05) is 0 Å². The molecule has 2 heterocycles. The van der Waals surface area contributed by atoms with Crippen molar-refractivity contribution in [2.24, 2.45) is 0 Å². The third-order valence-corrected chi connectivity index (χ3v) is 3.59. The summed E-state index contributed by atoms with van der Waals surface area (Å²) in [5, 5.41) is 15.6. The van der Waals surface area contributed by atoms with E-state index in [1.807, 2.05) is 31.2 Å². The summed E-state index contributed by atoms with van der Waals surface area (Å²) in [7, 11) is 0. The summed E-state index contributed by atoms with van der Waals surface area (Å²) < 4.78 is 3.30. The minimum atomic E-state index is -0.169. The molecule has 1 amide bonds. The summed E-state index contributed by atoms with van der Waals surface area (Å²) in [6, 6.07) is 7.50. The Kier molecular flexibility index (Phi) is 4.06. The summed E-state index contributed by atoms with van der Waals surface area (Å²) in [5.74, 6) is -0.169. The highest BCUT2D eigenvalue weighted by Gasteiger charge is 2.11. The number of rotatable bonds is 5. The van der Waals surface area contributed by atoms with Gasteiger partial charge >= 0.3 is 0 Å². The summed E-state index contributed by atoms with van der Waals surface area (Å²) in [6.45, 7) is 3.10. The van der Waals surface area contributed by atoms with Gasteiger partial charge in [0.15, 0.2) is 0 Å². The van der Waals surface area contributed by atoms with E-state index in [0.29, 0.717) is 10.7 Å². The number of carbonyl (C=O) groups excluding carboxylic acids is 1. The quantitative estimate of drug-likeness (QED) is 0.775. The SMILES string of the molecule is CCn1cc(Cl)c(CNC(=O)Cn2nnc3ccccc32)n1. The van der Waals surface area contributed by atoms with Crippen LogP contribution in [0.5, 0.6) is 0 Å². The lowest BCUT2D eigenvalue weighted by molar-refractivity contribution is -0.122. The van der Waals surface area contributed by atoms with E-state index in [1.54, 1.807) is 15.6 Å². The minimum absolute atomic E-state index is 0.104. The Bertz CT molecular complexity index is 809. The molecule has 1 aromatic carbocycles. The Labute approximate surface area is 131 Å². The predicted octanol–water partition coefficient (Wildman–Crippen LogP) is 1.62. The maximum Gasteiger partial charge on any atom is 0.242 e. The van der Waals surface area contributed by atoms with Crippen LogP contribution in [0, 0.1) is 0 Å². The Morgan fingerprint density at radius 1 is 1.36 bits per heavy atom. The van der Waals surface area contributed by atoms with Crippen LogP contribution in [-0.4, -0.2) is 30.7 Å². The van der Waals surface area contributed by atoms with Crippen molar-refractivity contribution < 1.29 is 4.79 Å². The topological polar surface area (TPSA) is 77.6 Å². The molecular formula is C14H15ClN6O. The van der Waals surface area contributed by atoms with Gasteiger partial charge in [-0.05, 0) is 19.1 Å². The fourth-order valence-corrected chi connectivity index (χ4v) is 2.34. The first-order chi connectivity index (χ1) is 10.7. The number of aromatic nitrogens is 5. The summed E-state index contributed by atoms with van der Waals surface area (Å²) in [4.78, 5) is 12.0. The van der Waals surface area contributed by atoms with Crippen molar-refractivity contribution in [1.29, 1.82) is 0 Å². The number of nitrogens with zero attached hydrogens (tertiary/aromatic N) is 5. The fourth-order valence-electron chi connectivity index (χ4n) is 2.13. The molecule has 3 rings (SSSR count). The zero-order chi connectivity index (χ0) is 15.5. The van der Waals surface area contributed by atoms with Crippen molar-refractivity contribution in [3.63, 3.8) is 0 Å². The molecule has 3 aromatic rings. The fraction of sp³-hybridized carbons (Fsp3) is 0.286. The van der Waals surface area contributed by atoms with E-state index in [0.717, 1.165) is 17.6 Å². The number of aryl methyl sites for hydroxylation is 1. The van der Waals surface area contributed by atoms with Crippen molar-refractivity contribution >= 4 is 28.5 Å². The molecule has 7 nitrogen and oxygen atoms in total. The molecule has 0 aliphatic rings. The largest absolute Gasteiger partial charge is 0.349 e. The lowest BCUT2D eigenvalue weighted by Gasteiger charge is -2.04. The first-order valence-electron chi connectivity index (χ1n) is 6.94. The van der Waals surface area contributed by atoms with Gasteiger partial charge in [-0.15, -0.1) is 5.10 Å². The van der Waals surface area contributed by atoms with Crippen LogP contribution in [0.15, 0.2) is 30.5 Å². The van der Waals surface area contributed by atoms with E-state index >= 15 is 0 Å². The summed E-state index contributed by atoms with van der Waals surface area (Å²) in [5.41, 5.74) is 2.24. The van der Waals surface area contributed by atoms with E-state index < -0.39 is 0 Å². The van der Waals surface area contributed by atoms with Crippen molar-refractivity contribution in [2.45, 2.75) is 26.6 Å². The number of halogens is 1. The Morgan fingerprint density at radius 3 is 2.95 bits per heavy atom. The van der Waals surface area contributed by atoms with Crippen LogP contribution in [0.1, 0.15) is 12.6 Å². The Hall–Kier alpha value is -2.41. The zero-order valence-corrected chi connectivity index (χ0v) is 12.8. The number of nitrogens with one attached hydrogen (secondary N) is 1. The average Bonchev–Trinajstić information content (AvgIpc) is 3.09. The van der Waals surface area contributed by atoms with Crippen LogP contribution in [0.2, 0.25) is 5.02 Å². The number of benzene rings is 1. The van der Waals surface area contributed by atoms with Crippen LogP contribution in [-0.2, 0) is 24.4 Å². The Balaban J connectivity index is 1.64. The molecule has 2 aromatic heterocycles. The van der Waals surface area contributed by atoms with Crippen LogP contribution in [0.3, 0.4) is 0 Å². The second kappa shape index (κ2) is 6.15. The number of hydrogen-bond donors (Lipinski definition) is 1. The van der Waals surface area contributed by atoms with Gasteiger partial charge in [0.25, 0.3) is 0 Å². The smallest absolute Gasteiger partial charge is 0.242 e. The van der Waals surface area contributed by atoms with Crippen LogP contribution in [0.4, 0.5) is 0 Å². The van der Waals surface area contributed by atoms with E-state index in [-0.39, 0.29) is 19.0 Å². The molecule has 0 bridgehead atoms. The molecule has 0 saturated carbocycles. The molecule has 0 atom stereocenters. The van der Waals surface area contributed by atoms with E-state index in [4.69, 9.17) is 11.6 Å². The molecule has 0 unspecified atom stereocenters. The van der Waals surface area contributed by atoms with Gasteiger partial charge in [-0.3, -0.25) is 9.48 Å². The number of carbonyl (C=O) groups is 1. The maximum atomic E-state index is 12.0. The molecule has 0 aliphatic carbocycles. The van der Waals surface area contributed by atoms with Gasteiger partial charge in [-0.2, -0.15) is 5.10 Å². The standard InChI is InChI=1S/C14H15ClN6O/c1-2-20-8-10(15)12(18-20)7-16-14(22)9-21-13-6-4-3-5-11(13)17-19-21/h3-6,8H,2,7,9H2,1H3,(H,16,22). The maximum absolute atomic E-state index is 12.0. The van der Waals surface area contributed by atoms with Gasteiger partial charge in [-0.25, -0.2) is 4.68 Å². The summed E-state index contributed by atoms with van der Waals surface area (Å²) in [6.07, 6.45) is 1.74. The van der Waals surface area contributed by atoms with Gasteiger partial charge < -0.3 is 5.32 Å². The highest BCUT2D eigenvalue weighted by Crippen LogP contribution is 2.13. The molecule has 0 spiro atoms. The molecule has 114 valence electrons. The molecule has 22 heavy (non-hydrogen) atoms. The van der Waals surface area contributed by atoms with E-state index in [2.05, 4.69) is 20.7 Å². The number of para-hydroxylation sites is 1. The van der Waals surface area contributed by atoms with Gasteiger partial charge in [0.05, 0.1) is 17.1 Å². The van der Waals surface area contributed by atoms with Crippen LogP contribution >= 0.6 is 11.6 Å². The number of amides is 1. The molecule has 0 fully saturated rings. The van der Waals surface area contributed by atoms with Crippen LogP contribution < -0.4 is 5.32 Å². The highest BCUT2D eigenvalue weighted by atomic mass is 35.5. The first-order valence-corrected chi connectivity index (χ1v) is 7.32. The van der Waals surface area contributed by atoms with E-state index in [9.17, 15) is 4.79 Å². The normalized spacial score (nSPS) is 11.0. The molecule has 1 N–H and O–H groups in total. The summed E-state index contributed by atoms with van der Waals surface area (Å²) >= 11 is 6.07. The van der Waals surface area contributed by atoms with Crippen molar-refractivity contribution in [3.05, 3.63) is 41.2 Å². The predicted molar refractivity (Wildman–Crippen MR) is 82.3 cm³/mol. The third-order valence-electron chi connectivity index (χ3n) is 3.28. The van der Waals surface area contributed by atoms with Gasteiger partial charge in [0, 0.05) is 12.7 Å². The van der Waals surface area contributed by atoms with Gasteiger partial charge in [0.1, 0.15) is 17.8 Å². The zero-order valence-electron chi connectivity index (χ0n) is 12.0. The second-order valence-corrected chi connectivity index (χ2v) is 5.20. The Morgan fingerprint density at radius 2 is 2.18 bits per heavy atom. The lowest BCUT2D eigenvalue weighted by atomic mass is 10.3. The first kappa shape index (κ1) is 14.5. The van der Waals surface area contributed by atoms with E-state index in [1.165, 1.54) is 0 Å². The molecule has 0 saturated heterocycles. The monoisotopic (exact) mass is 318 g/mol. The van der Waals surface area contributed by atoms with Crippen molar-refractivity contribution in [3.8, 4) is 0 Å². The molecule has 0 aliphatic heterocycles. The minimum Gasteiger partial charge on any atom is -0.349 e. The van der Waals surface area contributed by atoms with Crippen LogP contribution in [0.25, 0.3) is 11.0 Å². The third kappa shape index (κ3) is 2.94. The van der Waals surface area contributed by atoms with Gasteiger partial charge in [0.2, 0.25) is 5.91 Å². The molecular weight excluding hydrogens is 304 g/mol. The van der Waals surface area contributed by atoms with Gasteiger partial charge in [-0.1, -0.05) is 28.9 Å². The molecule has 0 radical (unpaired) electrons. The van der Waals surface area contributed by atoms with Crippen molar-refractivity contribution in [1.82, 2.24) is 30.1 Å².